The minimum Gasteiger partial charge on any atom is -0.478 e. The van der Waals surface area contributed by atoms with E-state index in [2.05, 4.69) is 46.5 Å². The number of aromatic nitrogens is 2. The quantitative estimate of drug-likeness (QED) is 0.0380. The van der Waals surface area contributed by atoms with Crippen molar-refractivity contribution in [3.05, 3.63) is 150 Å². The van der Waals surface area contributed by atoms with E-state index in [0.29, 0.717) is 46.9 Å². The number of halogens is 7. The third-order valence-corrected chi connectivity index (χ3v) is 13.4. The maximum Gasteiger partial charge on any atom is 0.338 e. The second-order valence-corrected chi connectivity index (χ2v) is 18.5. The number of carbonyl (C=O) groups is 4. The Hall–Kier alpha value is -6.58. The number of aliphatic imine (C=N–C) groups is 2. The Labute approximate surface area is 441 Å². The number of carboxylic acids is 2. The summed E-state index contributed by atoms with van der Waals surface area (Å²) in [7, 11) is 2.36. The van der Waals surface area contributed by atoms with Crippen LogP contribution < -0.4 is 10.6 Å². The van der Waals surface area contributed by atoms with Crippen LogP contribution in [0.15, 0.2) is 116 Å². The zero-order valence-corrected chi connectivity index (χ0v) is 43.0. The Balaban J connectivity index is 0.000000209. The van der Waals surface area contributed by atoms with Crippen molar-refractivity contribution in [3.8, 4) is 0 Å². The second-order valence-electron chi connectivity index (χ2n) is 16.2. The topological polar surface area (TPSA) is 223 Å². The number of aliphatic carboxylic acids is 2. The first-order chi connectivity index (χ1) is 36.0. The van der Waals surface area contributed by atoms with Crippen molar-refractivity contribution in [1.29, 1.82) is 0 Å². The highest BCUT2D eigenvalue weighted by Gasteiger charge is 2.37. The molecule has 75 heavy (non-hydrogen) atoms. The molecule has 4 aromatic rings. The smallest absolute Gasteiger partial charge is 0.338 e. The van der Waals surface area contributed by atoms with Crippen LogP contribution in [-0.2, 0) is 38.1 Å². The lowest BCUT2D eigenvalue weighted by atomic mass is 9.91. The van der Waals surface area contributed by atoms with E-state index in [1.165, 1.54) is 55.1 Å². The molecule has 0 unspecified atom stereocenters. The SMILES string of the molecule is COC(=O)C1=C(CBr)NC(c2nccs2)=N[C@H]1c1ccc(F)cc1C(F)F.COC(=O)C1=C(CN2CCO[C@H](/C=C/C(=O)O)C2)NC(c2nccs2)=N[C@H]1c1ccc(F)cc1C(F)F.O=C(O)/C=C/[C@@H]1CCCCO1. The molecule has 17 nitrogen and oxygen atoms in total. The zero-order valence-electron chi connectivity index (χ0n) is 39.8. The summed E-state index contributed by atoms with van der Waals surface area (Å²) in [5.41, 5.74) is -0.279. The maximum atomic E-state index is 13.9. The predicted molar refractivity (Wildman–Crippen MR) is 267 cm³/mol. The average Bonchev–Trinajstić information content (AvgIpc) is 4.16. The van der Waals surface area contributed by atoms with Crippen LogP contribution in [0.4, 0.5) is 26.3 Å². The third kappa shape index (κ3) is 15.7. The second kappa shape index (κ2) is 27.8. The molecule has 4 N–H and O–H groups in total. The number of carboxylic acid groups (broad SMARTS) is 2. The average molecular weight is 1150 g/mol. The van der Waals surface area contributed by atoms with Gasteiger partial charge in [-0.2, -0.15) is 0 Å². The Bertz CT molecular complexity index is 2840. The Morgan fingerprint density at radius 2 is 1.25 bits per heavy atom. The van der Waals surface area contributed by atoms with E-state index in [0.717, 1.165) is 62.3 Å². The minimum absolute atomic E-state index is 0.000402. The number of hydrogen-bond acceptors (Lipinski definition) is 17. The van der Waals surface area contributed by atoms with Gasteiger partial charge in [-0.15, -0.1) is 22.7 Å². The molecule has 0 aliphatic carbocycles. The number of carbonyl (C=O) groups excluding carboxylic acids is 2. The van der Waals surface area contributed by atoms with E-state index in [-0.39, 0.29) is 46.1 Å². The molecule has 0 bridgehead atoms. The summed E-state index contributed by atoms with van der Waals surface area (Å²) < 4.78 is 103. The van der Waals surface area contributed by atoms with Crippen molar-refractivity contribution in [2.24, 2.45) is 9.98 Å². The summed E-state index contributed by atoms with van der Waals surface area (Å²) in [5, 5.41) is 28.0. The Kier molecular flexibility index (Phi) is 21.4. The van der Waals surface area contributed by atoms with E-state index < -0.39 is 77.7 Å². The number of morpholine rings is 1. The van der Waals surface area contributed by atoms with Crippen molar-refractivity contribution < 1.29 is 74.7 Å². The molecule has 26 heteroatoms. The summed E-state index contributed by atoms with van der Waals surface area (Å²) in [6.07, 6.45) is 5.08. The number of esters is 2. The van der Waals surface area contributed by atoms with Crippen LogP contribution in [-0.4, -0.2) is 125 Å². The van der Waals surface area contributed by atoms with Gasteiger partial charge in [0, 0.05) is 89.4 Å². The van der Waals surface area contributed by atoms with Crippen LogP contribution >= 0.6 is 38.6 Å². The van der Waals surface area contributed by atoms with Crippen molar-refractivity contribution in [1.82, 2.24) is 25.5 Å². The van der Waals surface area contributed by atoms with Crippen LogP contribution in [0.5, 0.6) is 0 Å². The van der Waals surface area contributed by atoms with Crippen LogP contribution in [0.2, 0.25) is 0 Å². The molecule has 2 aromatic heterocycles. The van der Waals surface area contributed by atoms with Crippen LogP contribution in [0.1, 0.15) is 76.5 Å². The molecule has 2 saturated heterocycles. The number of nitrogens with zero attached hydrogens (tertiary/aromatic N) is 5. The summed E-state index contributed by atoms with van der Waals surface area (Å²) in [4.78, 5) is 65.7. The van der Waals surface area contributed by atoms with Crippen molar-refractivity contribution in [2.75, 3.05) is 52.4 Å². The van der Waals surface area contributed by atoms with Crippen LogP contribution in [0, 0.1) is 11.6 Å². The van der Waals surface area contributed by atoms with E-state index in [1.807, 2.05) is 4.90 Å². The van der Waals surface area contributed by atoms with E-state index >= 15 is 0 Å². The third-order valence-electron chi connectivity index (χ3n) is 11.3. The molecule has 0 spiro atoms. The number of alkyl halides is 5. The maximum absolute atomic E-state index is 13.9. The monoisotopic (exact) mass is 1150 g/mol. The normalized spacial score (nSPS) is 20.1. The summed E-state index contributed by atoms with van der Waals surface area (Å²) in [6, 6.07) is 3.69. The number of methoxy groups -OCH3 is 2. The molecule has 2 aromatic carbocycles. The summed E-state index contributed by atoms with van der Waals surface area (Å²) in [5.74, 6) is -4.54. The molecule has 400 valence electrons. The molecule has 4 aliphatic rings. The molecule has 4 atom stereocenters. The van der Waals surface area contributed by atoms with Gasteiger partial charge in [0.1, 0.15) is 23.7 Å². The first-order valence-electron chi connectivity index (χ1n) is 22.6. The van der Waals surface area contributed by atoms with E-state index in [4.69, 9.17) is 29.2 Å². The van der Waals surface area contributed by atoms with Gasteiger partial charge >= 0.3 is 23.9 Å². The van der Waals surface area contributed by atoms with Gasteiger partial charge in [0.15, 0.2) is 21.7 Å². The predicted octanol–water partition coefficient (Wildman–Crippen LogP) is 8.41. The molecule has 0 amide bonds. The van der Waals surface area contributed by atoms with E-state index in [1.54, 1.807) is 29.2 Å². The number of benzene rings is 2. The highest BCUT2D eigenvalue weighted by Crippen LogP contribution is 2.40. The van der Waals surface area contributed by atoms with Gasteiger partial charge in [-0.1, -0.05) is 28.1 Å². The van der Waals surface area contributed by atoms with Gasteiger partial charge in [-0.05, 0) is 66.8 Å². The molecule has 2 fully saturated rings. The number of nitrogens with one attached hydrogen (secondary N) is 2. The fourth-order valence-electron chi connectivity index (χ4n) is 7.95. The van der Waals surface area contributed by atoms with Gasteiger partial charge in [-0.25, -0.2) is 55.5 Å². The highest BCUT2D eigenvalue weighted by atomic mass is 79.9. The summed E-state index contributed by atoms with van der Waals surface area (Å²) >= 11 is 5.85. The van der Waals surface area contributed by atoms with Crippen LogP contribution in [0.3, 0.4) is 0 Å². The van der Waals surface area contributed by atoms with Crippen molar-refractivity contribution in [2.45, 2.75) is 56.4 Å². The number of hydrogen-bond donors (Lipinski definition) is 4. The van der Waals surface area contributed by atoms with Gasteiger partial charge < -0.3 is 39.8 Å². The molecule has 0 radical (unpaired) electrons. The number of thiazole rings is 2. The lowest BCUT2D eigenvalue weighted by Gasteiger charge is -2.34. The largest absolute Gasteiger partial charge is 0.478 e. The van der Waals surface area contributed by atoms with Gasteiger partial charge in [0.2, 0.25) is 0 Å². The fraction of sp³-hybridized carbons (Fsp3) is 0.347. The molecular formula is C49H48BrF6N7O10S2. The lowest BCUT2D eigenvalue weighted by molar-refractivity contribution is -0.137. The molecule has 4 aliphatic heterocycles. The Morgan fingerprint density at radius 3 is 1.69 bits per heavy atom. The molecule has 8 rings (SSSR count). The number of allylic oxidation sites excluding steroid dienone is 1. The first-order valence-corrected chi connectivity index (χ1v) is 25.5. The highest BCUT2D eigenvalue weighted by molar-refractivity contribution is 9.09. The molecular weight excluding hydrogens is 1100 g/mol. The number of ether oxygens (including phenoxy) is 4. The minimum atomic E-state index is -3.01. The summed E-state index contributed by atoms with van der Waals surface area (Å²) in [6.45, 7) is 1.99. The molecule has 0 saturated carbocycles. The standard InChI is InChI=1S/C24H23F3N4O5S.C17H13BrF3N3O2S.C8H12O3/c1-35-24(34)19-17(12-31-7-8-36-14(11-31)3-5-18(32)33)29-22(23-28-6-9-37-23)30-20(19)15-4-2-13(25)10-16(15)21(26)27;1-26-17(25)12-11(7-18)23-15(16-22-4-5-27-16)24-13(12)9-3-2-8(19)6-10(9)14(20)21;9-8(10)5-4-7-3-1-2-6-11-7/h2-6,9-10,14,20-21H,7-8,11-12H2,1H3,(H,29,30)(H,32,33);2-6,13-14H,7H2,1H3,(H,23,24);4-5,7H,1-3,6H2,(H,9,10)/b5-3+;;5-4+/t14-,20+;13-;7-/m100/s1. The zero-order chi connectivity index (χ0) is 54.2. The Morgan fingerprint density at radius 1 is 0.760 bits per heavy atom. The fourth-order valence-corrected chi connectivity index (χ4v) is 9.57. The number of amidine groups is 2. The molecule has 6 heterocycles. The first kappa shape index (κ1) is 57.7. The van der Waals surface area contributed by atoms with Gasteiger partial charge in [0.05, 0.1) is 44.2 Å². The van der Waals surface area contributed by atoms with Gasteiger partial charge in [-0.3, -0.25) is 14.9 Å². The van der Waals surface area contributed by atoms with Crippen LogP contribution in [0.25, 0.3) is 0 Å². The lowest BCUT2D eigenvalue weighted by Crippen LogP contribution is -2.46. The number of rotatable bonds is 15. The van der Waals surface area contributed by atoms with E-state index in [9.17, 15) is 45.5 Å². The van der Waals surface area contributed by atoms with Crippen molar-refractivity contribution >= 4 is 74.2 Å². The van der Waals surface area contributed by atoms with Gasteiger partial charge in [0.25, 0.3) is 12.9 Å². The van der Waals surface area contributed by atoms with Crippen molar-refractivity contribution in [3.63, 3.8) is 0 Å².